The number of aromatic carboxylic acids is 1. The van der Waals surface area contributed by atoms with Gasteiger partial charge in [-0.2, -0.15) is 0 Å². The number of esters is 3. The van der Waals surface area contributed by atoms with E-state index in [4.69, 9.17) is 34.6 Å². The number of rotatable bonds is 13. The summed E-state index contributed by atoms with van der Waals surface area (Å²) in [4.78, 5) is 76.4. The van der Waals surface area contributed by atoms with Gasteiger partial charge in [-0.3, -0.25) is 4.79 Å². The number of carboxylic acids is 3. The van der Waals surface area contributed by atoms with Gasteiger partial charge in [-0.15, -0.1) is 0 Å². The summed E-state index contributed by atoms with van der Waals surface area (Å²) in [5.74, 6) is -6.03. The largest absolute Gasteiger partial charge is 0.507 e. The van der Waals surface area contributed by atoms with E-state index in [0.29, 0.717) is 0 Å². The van der Waals surface area contributed by atoms with E-state index in [1.54, 1.807) is 36.4 Å². The molecule has 0 aromatic heterocycles. The molecule has 258 valence electrons. The number of Topliss-reactive ketones (excluding diaryl/α,β-unsaturated/α-hetero) is 1. The summed E-state index contributed by atoms with van der Waals surface area (Å²) in [5, 5.41) is 33.1. The molecule has 0 spiro atoms. The van der Waals surface area contributed by atoms with E-state index in [-0.39, 0.29) is 45.2 Å². The summed E-state index contributed by atoms with van der Waals surface area (Å²) in [6, 6.07) is 18.1. The Morgan fingerprint density at radius 2 is 0.979 bits per heavy atom. The van der Waals surface area contributed by atoms with E-state index in [1.165, 1.54) is 50.4 Å². The number of phenols is 1. The molecule has 0 unspecified atom stereocenters. The van der Waals surface area contributed by atoms with E-state index < -0.39 is 62.2 Å². The lowest BCUT2D eigenvalue weighted by Gasteiger charge is -2.09. The maximum Gasteiger partial charge on any atom is 0.341 e. The van der Waals surface area contributed by atoms with Crippen LogP contribution in [0.4, 0.5) is 0 Å². The maximum atomic E-state index is 11.9. The summed E-state index contributed by atoms with van der Waals surface area (Å²) >= 11 is 0. The first-order chi connectivity index (χ1) is 22.3. The van der Waals surface area contributed by atoms with Crippen molar-refractivity contribution in [2.45, 2.75) is 6.92 Å². The average Bonchev–Trinajstić information content (AvgIpc) is 3.01. The summed E-state index contributed by atoms with van der Waals surface area (Å²) in [6.45, 7) is -0.844. The van der Waals surface area contributed by atoms with Gasteiger partial charge >= 0.3 is 35.8 Å². The number of aliphatic carboxylic acids is 2. The molecule has 0 fully saturated rings. The van der Waals surface area contributed by atoms with Crippen molar-refractivity contribution in [3.8, 4) is 17.2 Å². The first-order valence-electron chi connectivity index (χ1n) is 13.1. The molecule has 17 heteroatoms. The number of carboxylic acid groups (broad SMARTS) is 3. The molecule has 0 bridgehead atoms. The topological polar surface area (TPSA) is 278 Å². The normalized spacial score (nSPS) is 9.46. The van der Waals surface area contributed by atoms with Gasteiger partial charge in [-0.05, 0) is 43.3 Å². The number of hydrogen-bond acceptors (Lipinski definition) is 13. The Balaban J connectivity index is 0.000000902. The zero-order valence-corrected chi connectivity index (χ0v) is 25.4. The Bertz CT molecular complexity index is 1550. The number of carbonyl (C=O) groups excluding carboxylic acids is 4. The second-order valence-corrected chi connectivity index (χ2v) is 8.58. The van der Waals surface area contributed by atoms with Gasteiger partial charge in [0.2, 0.25) is 0 Å². The molecule has 48 heavy (non-hydrogen) atoms. The molecule has 6 N–H and O–H groups in total. The molecule has 0 heterocycles. The highest BCUT2D eigenvalue weighted by atomic mass is 16.6. The Kier molecular flexibility index (Phi) is 19.5. The van der Waals surface area contributed by atoms with Crippen molar-refractivity contribution >= 4 is 41.6 Å². The number of ketones is 1. The zero-order chi connectivity index (χ0) is 35.4. The lowest BCUT2D eigenvalue weighted by Crippen LogP contribution is -2.22. The van der Waals surface area contributed by atoms with Gasteiger partial charge < -0.3 is 49.6 Å². The van der Waals surface area contributed by atoms with Gasteiger partial charge in [-0.25, -0.2) is 28.8 Å². The highest BCUT2D eigenvalue weighted by Crippen LogP contribution is 2.20. The summed E-state index contributed by atoms with van der Waals surface area (Å²) < 4.78 is 23.9. The Hall–Kier alpha value is -6.17. The van der Waals surface area contributed by atoms with Crippen LogP contribution < -0.4 is 9.47 Å². The number of aromatic hydroxyl groups is 1. The van der Waals surface area contributed by atoms with Gasteiger partial charge in [0.05, 0.1) is 12.7 Å². The SMILES string of the molecule is COC(=O)c1ccccc1OC(=O)COCC(=O)Oc1ccccc1C(C)=O.O.O=C(O)COCC(=O)O.O=C(O)c1ccccc1O. The van der Waals surface area contributed by atoms with Gasteiger partial charge in [0.15, 0.2) is 5.78 Å². The molecule has 3 aromatic carbocycles. The molecule has 0 saturated carbocycles. The van der Waals surface area contributed by atoms with E-state index >= 15 is 0 Å². The molecule has 3 aromatic rings. The van der Waals surface area contributed by atoms with Crippen LogP contribution in [0.5, 0.6) is 17.2 Å². The zero-order valence-electron chi connectivity index (χ0n) is 25.4. The number of methoxy groups -OCH3 is 1. The van der Waals surface area contributed by atoms with Crippen molar-refractivity contribution in [2.75, 3.05) is 33.5 Å². The van der Waals surface area contributed by atoms with Gasteiger partial charge in [0.1, 0.15) is 54.8 Å². The molecule has 17 nitrogen and oxygen atoms in total. The van der Waals surface area contributed by atoms with Crippen LogP contribution in [0.1, 0.15) is 38.0 Å². The minimum atomic E-state index is -1.17. The van der Waals surface area contributed by atoms with Crippen LogP contribution in [0.3, 0.4) is 0 Å². The maximum absolute atomic E-state index is 11.9. The van der Waals surface area contributed by atoms with Crippen molar-refractivity contribution in [1.82, 2.24) is 0 Å². The van der Waals surface area contributed by atoms with Crippen LogP contribution in [0.15, 0.2) is 72.8 Å². The quantitative estimate of drug-likeness (QED) is 0.114. The first-order valence-corrected chi connectivity index (χ1v) is 13.1. The molecule has 0 atom stereocenters. The average molecular weight is 677 g/mol. The fraction of sp³-hybridized carbons (Fsp3) is 0.194. The molecule has 0 aliphatic heterocycles. The van der Waals surface area contributed by atoms with E-state index in [2.05, 4.69) is 9.47 Å². The molecule has 0 radical (unpaired) electrons. The predicted octanol–water partition coefficient (Wildman–Crippen LogP) is 1.64. The fourth-order valence-corrected chi connectivity index (χ4v) is 3.08. The van der Waals surface area contributed by atoms with Crippen molar-refractivity contribution in [3.05, 3.63) is 89.5 Å². The van der Waals surface area contributed by atoms with Gasteiger partial charge in [-0.1, -0.05) is 36.4 Å². The number of hydrogen-bond donors (Lipinski definition) is 4. The molecule has 0 aliphatic rings. The highest BCUT2D eigenvalue weighted by Gasteiger charge is 2.17. The Morgan fingerprint density at radius 1 is 0.583 bits per heavy atom. The minimum absolute atomic E-state index is 0. The molecule has 0 amide bonds. The third kappa shape index (κ3) is 16.2. The number of para-hydroxylation sites is 3. The van der Waals surface area contributed by atoms with E-state index in [9.17, 15) is 33.6 Å². The molecule has 0 aliphatic carbocycles. The van der Waals surface area contributed by atoms with Crippen molar-refractivity contribution in [3.63, 3.8) is 0 Å². The minimum Gasteiger partial charge on any atom is -0.507 e. The van der Waals surface area contributed by atoms with Gasteiger partial charge in [0.25, 0.3) is 0 Å². The van der Waals surface area contributed by atoms with Crippen molar-refractivity contribution in [2.24, 2.45) is 0 Å². The molecule has 3 rings (SSSR count). The monoisotopic (exact) mass is 676 g/mol. The number of ether oxygens (including phenoxy) is 5. The molecular formula is C31H32O17. The third-order valence-corrected chi connectivity index (χ3v) is 5.03. The Labute approximate surface area is 272 Å². The van der Waals surface area contributed by atoms with Crippen LogP contribution in [0, 0.1) is 0 Å². The van der Waals surface area contributed by atoms with Crippen molar-refractivity contribution in [1.29, 1.82) is 0 Å². The smallest absolute Gasteiger partial charge is 0.341 e. The second kappa shape index (κ2) is 22.4. The Morgan fingerprint density at radius 3 is 1.38 bits per heavy atom. The third-order valence-electron chi connectivity index (χ3n) is 5.03. The van der Waals surface area contributed by atoms with E-state index in [0.717, 1.165) is 0 Å². The van der Waals surface area contributed by atoms with Crippen LogP contribution in [0.2, 0.25) is 0 Å². The lowest BCUT2D eigenvalue weighted by atomic mass is 10.1. The van der Waals surface area contributed by atoms with Crippen molar-refractivity contribution < 1.29 is 83.1 Å². The number of carbonyl (C=O) groups is 7. The van der Waals surface area contributed by atoms with E-state index in [1.807, 2.05) is 0 Å². The first kappa shape index (κ1) is 41.8. The van der Waals surface area contributed by atoms with Crippen LogP contribution >= 0.6 is 0 Å². The highest BCUT2D eigenvalue weighted by molar-refractivity contribution is 5.97. The van der Waals surface area contributed by atoms with Crippen LogP contribution in [-0.4, -0.2) is 101 Å². The second-order valence-electron chi connectivity index (χ2n) is 8.58. The predicted molar refractivity (Wildman–Crippen MR) is 161 cm³/mol. The summed E-state index contributed by atoms with van der Waals surface area (Å²) in [5.41, 5.74) is 0.274. The summed E-state index contributed by atoms with van der Waals surface area (Å²) in [6.07, 6.45) is 0. The lowest BCUT2D eigenvalue weighted by molar-refractivity contribution is -0.149. The van der Waals surface area contributed by atoms with Gasteiger partial charge in [0, 0.05) is 0 Å². The standard InChI is InChI=1S/C20H18O8.C7H6O3.C4H6O5.H2O/c1-13(21)14-7-3-5-9-16(14)27-18(22)11-26-12-19(23)28-17-10-6-4-8-15(17)20(24)25-2;8-6-4-2-1-3-5(6)7(9)10;5-3(6)1-9-2-4(7)8;/h3-10H,11-12H2,1-2H3;1-4,8H,(H,9,10);1-2H2,(H,5,6)(H,7,8);1H2. The van der Waals surface area contributed by atoms with Crippen LogP contribution in [0.25, 0.3) is 0 Å². The molecule has 0 saturated heterocycles. The molecular weight excluding hydrogens is 644 g/mol. The van der Waals surface area contributed by atoms with Crippen LogP contribution in [-0.2, 0) is 33.4 Å². The number of benzene rings is 3. The summed E-state index contributed by atoms with van der Waals surface area (Å²) in [7, 11) is 1.21. The fourth-order valence-electron chi connectivity index (χ4n) is 3.08.